The van der Waals surface area contributed by atoms with Crippen LogP contribution in [-0.4, -0.2) is 14.6 Å². The molecular weight excluding hydrogens is 344 g/mol. The number of nitrogens with zero attached hydrogens (tertiary/aromatic N) is 2. The van der Waals surface area contributed by atoms with Crippen LogP contribution in [0.5, 0.6) is 0 Å². The molecule has 4 rings (SSSR count). The molecule has 118 valence electrons. The lowest BCUT2D eigenvalue weighted by atomic mass is 10.2. The van der Waals surface area contributed by atoms with Crippen molar-refractivity contribution in [1.29, 1.82) is 0 Å². The predicted octanol–water partition coefficient (Wildman–Crippen LogP) is 4.14. The third-order valence-electron chi connectivity index (χ3n) is 3.74. The van der Waals surface area contributed by atoms with Crippen molar-refractivity contribution in [2.75, 3.05) is 5.43 Å². The second kappa shape index (κ2) is 5.74. The molecule has 5 nitrogen and oxygen atoms in total. The quantitative estimate of drug-likeness (QED) is 0.531. The van der Waals surface area contributed by atoms with Gasteiger partial charge in [-0.25, -0.2) is 0 Å². The zero-order chi connectivity index (χ0) is 16.7. The second-order valence-electron chi connectivity index (χ2n) is 5.25. The Hall–Kier alpha value is -2.70. The Bertz CT molecular complexity index is 1200. The van der Waals surface area contributed by atoms with Crippen molar-refractivity contribution >= 4 is 51.3 Å². The van der Waals surface area contributed by atoms with Gasteiger partial charge in [-0.1, -0.05) is 23.7 Å². The zero-order valence-electron chi connectivity index (χ0n) is 12.3. The Morgan fingerprint density at radius 2 is 1.96 bits per heavy atom. The molecule has 0 radical (unpaired) electrons. The summed E-state index contributed by atoms with van der Waals surface area (Å²) < 4.78 is 1.61. The standard InChI is InChI=1S/C17H11ClN4OS/c18-10-5-6-11-14(7-8-19-15(11)9-10)21-22-16(23)12-3-1-2-4-13(12)20-17(22)24/h1-9H,(H,19,21)(H,20,24). The van der Waals surface area contributed by atoms with Crippen LogP contribution in [0.15, 0.2) is 59.5 Å². The maximum atomic E-state index is 12.7. The van der Waals surface area contributed by atoms with E-state index in [4.69, 9.17) is 23.8 Å². The molecule has 2 aromatic carbocycles. The lowest BCUT2D eigenvalue weighted by Crippen LogP contribution is -2.28. The number of halogens is 1. The van der Waals surface area contributed by atoms with Crippen molar-refractivity contribution in [1.82, 2.24) is 14.6 Å². The highest BCUT2D eigenvalue weighted by atomic mass is 35.5. The van der Waals surface area contributed by atoms with Gasteiger partial charge in [-0.05, 0) is 48.6 Å². The maximum Gasteiger partial charge on any atom is 0.281 e. The molecule has 0 saturated heterocycles. The first-order valence-corrected chi connectivity index (χ1v) is 7.97. The molecule has 0 amide bonds. The van der Waals surface area contributed by atoms with Crippen LogP contribution in [0, 0.1) is 4.77 Å². The van der Waals surface area contributed by atoms with Gasteiger partial charge in [0.25, 0.3) is 5.56 Å². The number of H-pyrrole nitrogens is 1. The van der Waals surface area contributed by atoms with Gasteiger partial charge >= 0.3 is 0 Å². The fraction of sp³-hybridized carbons (Fsp3) is 0. The number of nitrogens with one attached hydrogen (secondary N) is 2. The number of para-hydroxylation sites is 1. The Morgan fingerprint density at radius 1 is 1.12 bits per heavy atom. The molecule has 0 spiro atoms. The van der Waals surface area contributed by atoms with E-state index in [2.05, 4.69) is 15.4 Å². The molecule has 0 fully saturated rings. The van der Waals surface area contributed by atoms with Crippen LogP contribution in [0.2, 0.25) is 5.02 Å². The minimum atomic E-state index is -0.215. The van der Waals surface area contributed by atoms with E-state index < -0.39 is 0 Å². The molecule has 0 aliphatic rings. The van der Waals surface area contributed by atoms with E-state index in [1.54, 1.807) is 30.5 Å². The Balaban J connectivity index is 1.92. The summed E-state index contributed by atoms with van der Waals surface area (Å²) in [5.41, 5.74) is 5.02. The first-order chi connectivity index (χ1) is 11.6. The van der Waals surface area contributed by atoms with Crippen LogP contribution in [0.3, 0.4) is 0 Å². The van der Waals surface area contributed by atoms with Gasteiger partial charge in [0.15, 0.2) is 4.77 Å². The SMILES string of the molecule is O=c1c2ccccc2[nH]c(=S)n1Nc1ccnc2cc(Cl)ccc12. The maximum absolute atomic E-state index is 12.7. The number of pyridine rings is 1. The van der Waals surface area contributed by atoms with Gasteiger partial charge in [-0.3, -0.25) is 15.2 Å². The van der Waals surface area contributed by atoms with Crippen LogP contribution >= 0.6 is 23.8 Å². The minimum absolute atomic E-state index is 0.215. The molecule has 0 aliphatic carbocycles. The summed E-state index contributed by atoms with van der Waals surface area (Å²) in [5.74, 6) is 0. The first kappa shape index (κ1) is 14.9. The van der Waals surface area contributed by atoms with Gasteiger partial charge < -0.3 is 4.98 Å². The van der Waals surface area contributed by atoms with Crippen molar-refractivity contribution in [3.05, 3.63) is 74.9 Å². The Kier molecular flexibility index (Phi) is 3.55. The molecule has 2 heterocycles. The van der Waals surface area contributed by atoms with Gasteiger partial charge in [-0.15, -0.1) is 0 Å². The number of aromatic amines is 1. The third-order valence-corrected chi connectivity index (χ3v) is 4.26. The average Bonchev–Trinajstić information content (AvgIpc) is 2.58. The smallest absolute Gasteiger partial charge is 0.281 e. The summed E-state index contributed by atoms with van der Waals surface area (Å²) in [6, 6.07) is 14.4. The van der Waals surface area contributed by atoms with E-state index in [-0.39, 0.29) is 10.3 Å². The summed E-state index contributed by atoms with van der Waals surface area (Å²) >= 11 is 11.3. The molecule has 7 heteroatoms. The number of anilines is 1. The summed E-state index contributed by atoms with van der Waals surface area (Å²) in [4.78, 5) is 20.1. The molecule has 0 saturated carbocycles. The number of hydrogen-bond acceptors (Lipinski definition) is 4. The third kappa shape index (κ3) is 2.46. The number of aromatic nitrogens is 3. The van der Waals surface area contributed by atoms with E-state index in [1.807, 2.05) is 24.3 Å². The molecule has 0 bridgehead atoms. The summed E-state index contributed by atoms with van der Waals surface area (Å²) in [7, 11) is 0. The van der Waals surface area contributed by atoms with E-state index in [9.17, 15) is 4.79 Å². The Labute approximate surface area is 146 Å². The van der Waals surface area contributed by atoms with Crippen molar-refractivity contribution in [3.8, 4) is 0 Å². The van der Waals surface area contributed by atoms with Crippen LogP contribution in [0.1, 0.15) is 0 Å². The molecule has 2 aromatic heterocycles. The predicted molar refractivity (Wildman–Crippen MR) is 99.2 cm³/mol. The Morgan fingerprint density at radius 3 is 2.83 bits per heavy atom. The molecule has 0 atom stereocenters. The highest BCUT2D eigenvalue weighted by Crippen LogP contribution is 2.24. The van der Waals surface area contributed by atoms with Crippen LogP contribution in [-0.2, 0) is 0 Å². The van der Waals surface area contributed by atoms with E-state index in [0.29, 0.717) is 21.6 Å². The van der Waals surface area contributed by atoms with Crippen LogP contribution < -0.4 is 11.0 Å². The highest BCUT2D eigenvalue weighted by Gasteiger charge is 2.08. The topological polar surface area (TPSA) is 62.7 Å². The van der Waals surface area contributed by atoms with Gasteiger partial charge in [-0.2, -0.15) is 4.68 Å². The second-order valence-corrected chi connectivity index (χ2v) is 6.07. The number of benzene rings is 2. The molecule has 24 heavy (non-hydrogen) atoms. The fourth-order valence-corrected chi connectivity index (χ4v) is 3.01. The summed E-state index contributed by atoms with van der Waals surface area (Å²) in [6.45, 7) is 0. The number of rotatable bonds is 2. The molecule has 0 unspecified atom stereocenters. The van der Waals surface area contributed by atoms with Gasteiger partial charge in [0.05, 0.1) is 22.1 Å². The average molecular weight is 355 g/mol. The van der Waals surface area contributed by atoms with Gasteiger partial charge in [0.1, 0.15) is 0 Å². The minimum Gasteiger partial charge on any atom is -0.330 e. The fourth-order valence-electron chi connectivity index (χ4n) is 2.60. The van der Waals surface area contributed by atoms with E-state index >= 15 is 0 Å². The van der Waals surface area contributed by atoms with Crippen molar-refractivity contribution in [2.24, 2.45) is 0 Å². The highest BCUT2D eigenvalue weighted by molar-refractivity contribution is 7.71. The molecular formula is C17H11ClN4OS. The summed E-state index contributed by atoms with van der Waals surface area (Å²) in [6.07, 6.45) is 1.65. The van der Waals surface area contributed by atoms with Gasteiger partial charge in [0.2, 0.25) is 0 Å². The van der Waals surface area contributed by atoms with E-state index in [0.717, 1.165) is 10.9 Å². The lowest BCUT2D eigenvalue weighted by molar-refractivity contribution is 0.862. The normalized spacial score (nSPS) is 11.0. The van der Waals surface area contributed by atoms with Crippen LogP contribution in [0.25, 0.3) is 21.8 Å². The lowest BCUT2D eigenvalue weighted by Gasteiger charge is -2.12. The monoisotopic (exact) mass is 354 g/mol. The van der Waals surface area contributed by atoms with Gasteiger partial charge in [0, 0.05) is 16.6 Å². The van der Waals surface area contributed by atoms with Crippen LogP contribution in [0.4, 0.5) is 5.69 Å². The molecule has 4 aromatic rings. The summed E-state index contributed by atoms with van der Waals surface area (Å²) in [5, 5.41) is 2.00. The zero-order valence-corrected chi connectivity index (χ0v) is 13.9. The number of fused-ring (bicyclic) bond motifs is 2. The van der Waals surface area contributed by atoms with Crippen molar-refractivity contribution in [3.63, 3.8) is 0 Å². The number of hydrogen-bond donors (Lipinski definition) is 2. The first-order valence-electron chi connectivity index (χ1n) is 7.19. The molecule has 0 aliphatic heterocycles. The molecule has 2 N–H and O–H groups in total. The van der Waals surface area contributed by atoms with Crippen molar-refractivity contribution in [2.45, 2.75) is 0 Å². The van der Waals surface area contributed by atoms with Crippen molar-refractivity contribution < 1.29 is 0 Å². The largest absolute Gasteiger partial charge is 0.330 e. The van der Waals surface area contributed by atoms with E-state index in [1.165, 1.54) is 4.68 Å².